The summed E-state index contributed by atoms with van der Waals surface area (Å²) >= 11 is 0. The van der Waals surface area contributed by atoms with E-state index in [1.54, 1.807) is 56.9 Å². The molecule has 2 aromatic carbocycles. The van der Waals surface area contributed by atoms with E-state index in [2.05, 4.69) is 10.3 Å². The van der Waals surface area contributed by atoms with E-state index in [4.69, 9.17) is 14.2 Å². The number of rotatable bonds is 8. The molecule has 0 radical (unpaired) electrons. The Morgan fingerprint density at radius 2 is 1.64 bits per heavy atom. The highest BCUT2D eigenvalue weighted by atomic mass is 16.5. The summed E-state index contributed by atoms with van der Waals surface area (Å²) < 4.78 is 16.2. The van der Waals surface area contributed by atoms with Gasteiger partial charge in [0.25, 0.3) is 5.91 Å². The first-order valence-corrected chi connectivity index (χ1v) is 8.80. The van der Waals surface area contributed by atoms with Crippen molar-refractivity contribution in [2.24, 2.45) is 0 Å². The van der Waals surface area contributed by atoms with Crippen LogP contribution in [-0.2, 0) is 13.2 Å². The van der Waals surface area contributed by atoms with Crippen molar-refractivity contribution in [2.45, 2.75) is 13.2 Å². The van der Waals surface area contributed by atoms with Crippen LogP contribution in [0, 0.1) is 0 Å². The van der Waals surface area contributed by atoms with Gasteiger partial charge in [0.15, 0.2) is 0 Å². The molecule has 0 saturated carbocycles. The third-order valence-electron chi connectivity index (χ3n) is 4.11. The maximum Gasteiger partial charge on any atom is 0.251 e. The summed E-state index contributed by atoms with van der Waals surface area (Å²) in [5, 5.41) is 2.90. The maximum atomic E-state index is 12.4. The molecule has 0 unspecified atom stereocenters. The van der Waals surface area contributed by atoms with E-state index in [1.165, 1.54) is 0 Å². The Balaban J connectivity index is 1.56. The van der Waals surface area contributed by atoms with E-state index in [9.17, 15) is 4.79 Å². The maximum absolute atomic E-state index is 12.4. The summed E-state index contributed by atoms with van der Waals surface area (Å²) in [5.74, 6) is 1.89. The molecule has 28 heavy (non-hydrogen) atoms. The van der Waals surface area contributed by atoms with Gasteiger partial charge in [0, 0.05) is 36.1 Å². The average molecular weight is 378 g/mol. The monoisotopic (exact) mass is 378 g/mol. The largest absolute Gasteiger partial charge is 0.497 e. The Labute approximate surface area is 164 Å². The minimum Gasteiger partial charge on any atom is -0.497 e. The number of hydrogen-bond acceptors (Lipinski definition) is 5. The Kier molecular flexibility index (Phi) is 6.46. The van der Waals surface area contributed by atoms with E-state index in [0.29, 0.717) is 36.0 Å². The first-order valence-electron chi connectivity index (χ1n) is 8.80. The van der Waals surface area contributed by atoms with E-state index >= 15 is 0 Å². The smallest absolute Gasteiger partial charge is 0.251 e. The zero-order valence-corrected chi connectivity index (χ0v) is 15.8. The molecule has 0 aliphatic heterocycles. The fraction of sp³-hybridized carbons (Fsp3) is 0.182. The van der Waals surface area contributed by atoms with Crippen LogP contribution >= 0.6 is 0 Å². The average Bonchev–Trinajstić information content (AvgIpc) is 2.76. The Morgan fingerprint density at radius 1 is 0.929 bits per heavy atom. The first kappa shape index (κ1) is 19.2. The number of aromatic nitrogens is 1. The molecule has 6 nitrogen and oxygen atoms in total. The van der Waals surface area contributed by atoms with Crippen LogP contribution < -0.4 is 19.5 Å². The predicted octanol–water partition coefficient (Wildman–Crippen LogP) is 3.61. The quantitative estimate of drug-likeness (QED) is 0.648. The molecule has 0 aliphatic carbocycles. The zero-order chi connectivity index (χ0) is 19.8. The van der Waals surface area contributed by atoms with Crippen LogP contribution in [0.4, 0.5) is 0 Å². The summed E-state index contributed by atoms with van der Waals surface area (Å²) in [4.78, 5) is 16.4. The molecule has 0 bridgehead atoms. The van der Waals surface area contributed by atoms with Gasteiger partial charge in [0.05, 0.1) is 14.2 Å². The van der Waals surface area contributed by atoms with Crippen LogP contribution in [0.2, 0.25) is 0 Å². The topological polar surface area (TPSA) is 69.7 Å². The van der Waals surface area contributed by atoms with Crippen LogP contribution in [0.25, 0.3) is 0 Å². The SMILES string of the molecule is COc1cc(CNC(=O)c2ccc(OCc3cccnc3)cc2)cc(OC)c1. The summed E-state index contributed by atoms with van der Waals surface area (Å²) in [6.45, 7) is 0.794. The number of hydrogen-bond donors (Lipinski definition) is 1. The summed E-state index contributed by atoms with van der Waals surface area (Å²) in [7, 11) is 3.18. The molecular formula is C22H22N2O4. The van der Waals surface area contributed by atoms with Crippen LogP contribution in [0.1, 0.15) is 21.5 Å². The molecular weight excluding hydrogens is 356 g/mol. The fourth-order valence-corrected chi connectivity index (χ4v) is 2.61. The first-order chi connectivity index (χ1) is 13.7. The number of ether oxygens (including phenoxy) is 3. The van der Waals surface area contributed by atoms with E-state index in [0.717, 1.165) is 11.1 Å². The number of benzene rings is 2. The number of nitrogens with one attached hydrogen (secondary N) is 1. The van der Waals surface area contributed by atoms with Crippen molar-refractivity contribution in [3.05, 3.63) is 83.7 Å². The Bertz CT molecular complexity index is 889. The predicted molar refractivity (Wildman–Crippen MR) is 106 cm³/mol. The van der Waals surface area contributed by atoms with Gasteiger partial charge in [-0.15, -0.1) is 0 Å². The summed E-state index contributed by atoms with van der Waals surface area (Å²) in [6, 6.07) is 16.3. The van der Waals surface area contributed by atoms with Crippen LogP contribution in [0.5, 0.6) is 17.2 Å². The lowest BCUT2D eigenvalue weighted by molar-refractivity contribution is 0.0950. The fourth-order valence-electron chi connectivity index (χ4n) is 2.61. The molecule has 3 aromatic rings. The molecule has 1 amide bonds. The standard InChI is InChI=1S/C22H22N2O4/c1-26-20-10-17(11-21(12-20)27-2)14-24-22(25)18-5-7-19(8-6-18)28-15-16-4-3-9-23-13-16/h3-13H,14-15H2,1-2H3,(H,24,25). The number of carbonyl (C=O) groups is 1. The molecule has 3 rings (SSSR count). The van der Waals surface area contributed by atoms with Gasteiger partial charge in [-0.05, 0) is 48.0 Å². The van der Waals surface area contributed by atoms with Gasteiger partial charge in [-0.3, -0.25) is 9.78 Å². The third kappa shape index (κ3) is 5.23. The molecule has 6 heteroatoms. The highest BCUT2D eigenvalue weighted by molar-refractivity contribution is 5.94. The third-order valence-corrected chi connectivity index (χ3v) is 4.11. The van der Waals surface area contributed by atoms with Crippen LogP contribution in [-0.4, -0.2) is 25.1 Å². The van der Waals surface area contributed by atoms with Crippen molar-refractivity contribution in [1.29, 1.82) is 0 Å². The summed E-state index contributed by atoms with van der Waals surface area (Å²) in [5.41, 5.74) is 2.43. The minimum absolute atomic E-state index is 0.166. The van der Waals surface area contributed by atoms with Crippen molar-refractivity contribution in [3.8, 4) is 17.2 Å². The molecule has 1 aromatic heterocycles. The molecule has 0 spiro atoms. The van der Waals surface area contributed by atoms with Crippen LogP contribution in [0.3, 0.4) is 0 Å². The zero-order valence-electron chi connectivity index (χ0n) is 15.8. The Morgan fingerprint density at radius 3 is 2.25 bits per heavy atom. The second-order valence-electron chi connectivity index (χ2n) is 6.08. The number of nitrogens with zero attached hydrogens (tertiary/aromatic N) is 1. The minimum atomic E-state index is -0.166. The van der Waals surface area contributed by atoms with Gasteiger partial charge in [-0.25, -0.2) is 0 Å². The lowest BCUT2D eigenvalue weighted by atomic mass is 10.1. The molecule has 0 fully saturated rings. The summed E-state index contributed by atoms with van der Waals surface area (Å²) in [6.07, 6.45) is 3.48. The lowest BCUT2D eigenvalue weighted by Gasteiger charge is -2.10. The Hall–Kier alpha value is -3.54. The molecule has 0 atom stereocenters. The van der Waals surface area contributed by atoms with Gasteiger partial charge >= 0.3 is 0 Å². The van der Waals surface area contributed by atoms with Gasteiger partial charge < -0.3 is 19.5 Å². The van der Waals surface area contributed by atoms with Crippen molar-refractivity contribution < 1.29 is 19.0 Å². The molecule has 0 aliphatic rings. The van der Waals surface area contributed by atoms with Gasteiger partial charge in [-0.1, -0.05) is 6.07 Å². The lowest BCUT2D eigenvalue weighted by Crippen LogP contribution is -2.22. The highest BCUT2D eigenvalue weighted by Crippen LogP contribution is 2.22. The van der Waals surface area contributed by atoms with Crippen molar-refractivity contribution in [1.82, 2.24) is 10.3 Å². The number of carbonyl (C=O) groups excluding carboxylic acids is 1. The van der Waals surface area contributed by atoms with Gasteiger partial charge in [-0.2, -0.15) is 0 Å². The van der Waals surface area contributed by atoms with E-state index in [1.807, 2.05) is 24.3 Å². The molecule has 1 N–H and O–H groups in total. The van der Waals surface area contributed by atoms with Crippen molar-refractivity contribution in [3.63, 3.8) is 0 Å². The second-order valence-corrected chi connectivity index (χ2v) is 6.08. The van der Waals surface area contributed by atoms with Crippen molar-refractivity contribution >= 4 is 5.91 Å². The number of pyridine rings is 1. The van der Waals surface area contributed by atoms with E-state index in [-0.39, 0.29) is 5.91 Å². The van der Waals surface area contributed by atoms with Gasteiger partial charge in [0.1, 0.15) is 23.9 Å². The highest BCUT2D eigenvalue weighted by Gasteiger charge is 2.08. The molecule has 144 valence electrons. The van der Waals surface area contributed by atoms with Gasteiger partial charge in [0.2, 0.25) is 0 Å². The molecule has 0 saturated heterocycles. The normalized spacial score (nSPS) is 10.2. The number of amides is 1. The molecule has 1 heterocycles. The van der Waals surface area contributed by atoms with Crippen molar-refractivity contribution in [2.75, 3.05) is 14.2 Å². The second kappa shape index (κ2) is 9.41. The number of methoxy groups -OCH3 is 2. The van der Waals surface area contributed by atoms with Crippen LogP contribution in [0.15, 0.2) is 67.0 Å². The van der Waals surface area contributed by atoms with E-state index < -0.39 is 0 Å².